The summed E-state index contributed by atoms with van der Waals surface area (Å²) in [7, 11) is 3.75. The molecule has 1 heterocycles. The van der Waals surface area contributed by atoms with Crippen molar-refractivity contribution in [1.82, 2.24) is 14.9 Å². The normalized spacial score (nSPS) is 11.3. The second-order valence-electron chi connectivity index (χ2n) is 3.87. The molecule has 0 aliphatic heterocycles. The van der Waals surface area contributed by atoms with Gasteiger partial charge in [0.15, 0.2) is 11.0 Å². The van der Waals surface area contributed by atoms with Gasteiger partial charge in [0, 0.05) is 20.3 Å². The Bertz CT molecular complexity index is 489. The number of hydrogen-bond acceptors (Lipinski definition) is 6. The summed E-state index contributed by atoms with van der Waals surface area (Å²) in [4.78, 5) is 26.4. The van der Waals surface area contributed by atoms with E-state index in [9.17, 15) is 4.79 Å². The molecule has 0 aliphatic rings. The molecular weight excluding hydrogens is 264 g/mol. The Balaban J connectivity index is 3.24. The molecule has 0 amide bonds. The third-order valence-corrected chi connectivity index (χ3v) is 2.90. The number of amidine groups is 1. The lowest BCUT2D eigenvalue weighted by Gasteiger charge is -2.12. The summed E-state index contributed by atoms with van der Waals surface area (Å²) in [5, 5.41) is 0.568. The molecule has 0 atom stereocenters. The number of ether oxygens (including phenoxy) is 1. The standard InChI is InChI=1S/C12H18N4O2S/c1-6-18-11(17)9-7-13-12(19-5)15-10(9)14-8(2)16(3)4/h7H,6H2,1-5H3. The van der Waals surface area contributed by atoms with Crippen LogP contribution in [-0.2, 0) is 4.74 Å². The number of rotatable bonds is 4. The molecule has 0 radical (unpaired) electrons. The first kappa shape index (κ1) is 15.4. The molecule has 1 rings (SSSR count). The fourth-order valence-electron chi connectivity index (χ4n) is 1.15. The molecule has 104 valence electrons. The zero-order chi connectivity index (χ0) is 14.4. The largest absolute Gasteiger partial charge is 0.462 e. The second-order valence-corrected chi connectivity index (χ2v) is 4.64. The summed E-state index contributed by atoms with van der Waals surface area (Å²) < 4.78 is 4.98. The van der Waals surface area contributed by atoms with Crippen LogP contribution < -0.4 is 0 Å². The van der Waals surface area contributed by atoms with Gasteiger partial charge in [-0.15, -0.1) is 0 Å². The van der Waals surface area contributed by atoms with Gasteiger partial charge >= 0.3 is 5.97 Å². The Morgan fingerprint density at radius 3 is 2.74 bits per heavy atom. The van der Waals surface area contributed by atoms with Crippen molar-refractivity contribution in [3.63, 3.8) is 0 Å². The first-order chi connectivity index (χ1) is 8.99. The highest BCUT2D eigenvalue weighted by molar-refractivity contribution is 7.98. The minimum Gasteiger partial charge on any atom is -0.462 e. The number of nitrogens with zero attached hydrogens (tertiary/aromatic N) is 4. The lowest BCUT2D eigenvalue weighted by Crippen LogP contribution is -2.18. The number of hydrogen-bond donors (Lipinski definition) is 0. The first-order valence-corrected chi connectivity index (χ1v) is 7.02. The minimum atomic E-state index is -0.458. The molecule has 0 aromatic carbocycles. The number of esters is 1. The molecule has 0 bridgehead atoms. The third-order valence-electron chi connectivity index (χ3n) is 2.34. The Morgan fingerprint density at radius 1 is 1.53 bits per heavy atom. The fourth-order valence-corrected chi connectivity index (χ4v) is 1.48. The zero-order valence-corrected chi connectivity index (χ0v) is 12.6. The van der Waals surface area contributed by atoms with E-state index in [4.69, 9.17) is 4.74 Å². The van der Waals surface area contributed by atoms with E-state index in [2.05, 4.69) is 15.0 Å². The predicted molar refractivity (Wildman–Crippen MR) is 76.2 cm³/mol. The van der Waals surface area contributed by atoms with Gasteiger partial charge in [0.1, 0.15) is 11.4 Å². The molecule has 0 spiro atoms. The smallest absolute Gasteiger partial charge is 0.343 e. The number of carbonyl (C=O) groups is 1. The average Bonchev–Trinajstić information content (AvgIpc) is 2.38. The van der Waals surface area contributed by atoms with E-state index in [1.165, 1.54) is 18.0 Å². The van der Waals surface area contributed by atoms with Crippen molar-refractivity contribution in [2.75, 3.05) is 27.0 Å². The van der Waals surface area contributed by atoms with Crippen LogP contribution in [0.25, 0.3) is 0 Å². The van der Waals surface area contributed by atoms with E-state index in [0.717, 1.165) is 5.84 Å². The summed E-state index contributed by atoms with van der Waals surface area (Å²) in [5.74, 6) is 0.626. The van der Waals surface area contributed by atoms with Crippen LogP contribution in [0.4, 0.5) is 5.82 Å². The van der Waals surface area contributed by atoms with Crippen LogP contribution >= 0.6 is 11.8 Å². The molecule has 0 aliphatic carbocycles. The van der Waals surface area contributed by atoms with Gasteiger partial charge in [-0.1, -0.05) is 11.8 Å². The monoisotopic (exact) mass is 282 g/mol. The van der Waals surface area contributed by atoms with Crippen LogP contribution in [0, 0.1) is 0 Å². The number of thioether (sulfide) groups is 1. The Hall–Kier alpha value is -1.63. The average molecular weight is 282 g/mol. The van der Waals surface area contributed by atoms with Gasteiger partial charge in [-0.2, -0.15) is 0 Å². The minimum absolute atomic E-state index is 0.279. The molecule has 0 fully saturated rings. The van der Waals surface area contributed by atoms with E-state index in [-0.39, 0.29) is 5.56 Å². The van der Waals surface area contributed by atoms with Gasteiger partial charge in [-0.25, -0.2) is 19.8 Å². The fraction of sp³-hybridized carbons (Fsp3) is 0.500. The van der Waals surface area contributed by atoms with Gasteiger partial charge in [0.05, 0.1) is 6.61 Å². The lowest BCUT2D eigenvalue weighted by atomic mass is 10.3. The maximum absolute atomic E-state index is 11.8. The van der Waals surface area contributed by atoms with Crippen LogP contribution in [0.5, 0.6) is 0 Å². The van der Waals surface area contributed by atoms with Crippen LogP contribution in [0.2, 0.25) is 0 Å². The highest BCUT2D eigenvalue weighted by atomic mass is 32.2. The molecule has 19 heavy (non-hydrogen) atoms. The number of aliphatic imine (C=N–C) groups is 1. The maximum atomic E-state index is 11.8. The predicted octanol–water partition coefficient (Wildman–Crippen LogP) is 1.99. The van der Waals surface area contributed by atoms with Crippen LogP contribution in [0.1, 0.15) is 24.2 Å². The van der Waals surface area contributed by atoms with Gasteiger partial charge in [0.25, 0.3) is 0 Å². The topological polar surface area (TPSA) is 67.7 Å². The van der Waals surface area contributed by atoms with Gasteiger partial charge in [-0.3, -0.25) is 0 Å². The third kappa shape index (κ3) is 4.20. The van der Waals surface area contributed by atoms with Crippen molar-refractivity contribution in [3.05, 3.63) is 11.8 Å². The van der Waals surface area contributed by atoms with Crippen molar-refractivity contribution in [3.8, 4) is 0 Å². The number of aromatic nitrogens is 2. The van der Waals surface area contributed by atoms with Gasteiger partial charge < -0.3 is 9.64 Å². The van der Waals surface area contributed by atoms with Crippen molar-refractivity contribution in [1.29, 1.82) is 0 Å². The van der Waals surface area contributed by atoms with Crippen molar-refractivity contribution in [2.24, 2.45) is 4.99 Å². The van der Waals surface area contributed by atoms with Gasteiger partial charge in [0.2, 0.25) is 0 Å². The molecule has 0 saturated heterocycles. The molecule has 0 unspecified atom stereocenters. The zero-order valence-electron chi connectivity index (χ0n) is 11.8. The van der Waals surface area contributed by atoms with E-state index >= 15 is 0 Å². The summed E-state index contributed by atoms with van der Waals surface area (Å²) in [5.41, 5.74) is 0.279. The first-order valence-electron chi connectivity index (χ1n) is 5.80. The molecule has 0 N–H and O–H groups in total. The van der Waals surface area contributed by atoms with Gasteiger partial charge in [-0.05, 0) is 20.1 Å². The molecule has 1 aromatic rings. The SMILES string of the molecule is CCOC(=O)c1cnc(SC)nc1N=C(C)N(C)C. The van der Waals surface area contributed by atoms with Crippen LogP contribution in [0.15, 0.2) is 16.3 Å². The van der Waals surface area contributed by atoms with Crippen molar-refractivity contribution < 1.29 is 9.53 Å². The summed E-state index contributed by atoms with van der Waals surface area (Å²) in [6.45, 7) is 3.90. The molecule has 0 saturated carbocycles. The Morgan fingerprint density at radius 2 is 2.21 bits per heavy atom. The lowest BCUT2D eigenvalue weighted by molar-refractivity contribution is 0.0526. The maximum Gasteiger partial charge on any atom is 0.343 e. The van der Waals surface area contributed by atoms with Crippen molar-refractivity contribution in [2.45, 2.75) is 19.0 Å². The highest BCUT2D eigenvalue weighted by Crippen LogP contribution is 2.20. The highest BCUT2D eigenvalue weighted by Gasteiger charge is 2.15. The van der Waals surface area contributed by atoms with Crippen molar-refractivity contribution >= 4 is 29.4 Å². The summed E-state index contributed by atoms with van der Waals surface area (Å²) in [6, 6.07) is 0. The van der Waals surface area contributed by atoms with E-state index in [1.54, 1.807) is 6.92 Å². The number of carbonyl (C=O) groups excluding carboxylic acids is 1. The Kier molecular flexibility index (Phi) is 5.75. The quantitative estimate of drug-likeness (QED) is 0.276. The Labute approximate surface area is 117 Å². The molecular formula is C12H18N4O2S. The second kappa shape index (κ2) is 7.08. The van der Waals surface area contributed by atoms with E-state index in [0.29, 0.717) is 17.6 Å². The molecule has 1 aromatic heterocycles. The van der Waals surface area contributed by atoms with Crippen LogP contribution in [0.3, 0.4) is 0 Å². The molecule has 6 nitrogen and oxygen atoms in total. The molecule has 7 heteroatoms. The van der Waals surface area contributed by atoms with E-state index in [1.807, 2.05) is 32.2 Å². The van der Waals surface area contributed by atoms with E-state index < -0.39 is 5.97 Å². The summed E-state index contributed by atoms with van der Waals surface area (Å²) >= 11 is 1.40. The summed E-state index contributed by atoms with van der Waals surface area (Å²) in [6.07, 6.45) is 3.32. The van der Waals surface area contributed by atoms with Crippen LogP contribution in [-0.4, -0.2) is 53.6 Å².